The third-order valence-electron chi connectivity index (χ3n) is 5.02. The summed E-state index contributed by atoms with van der Waals surface area (Å²) in [6.07, 6.45) is 4.92. The standard InChI is InChI=1S/C18H28N2O2/c1-18(10-6-11-19-18)15-8-4-9-16(17(15)21-3)22-14-7-5-12-20(2)13-14/h4,8-9,14,19H,5-7,10-13H2,1-3H3. The zero-order chi connectivity index (χ0) is 15.6. The second-order valence-corrected chi connectivity index (χ2v) is 6.84. The van der Waals surface area contributed by atoms with Gasteiger partial charge in [0.25, 0.3) is 0 Å². The van der Waals surface area contributed by atoms with Crippen molar-refractivity contribution >= 4 is 0 Å². The molecule has 1 aromatic carbocycles. The minimum Gasteiger partial charge on any atom is -0.493 e. The maximum Gasteiger partial charge on any atom is 0.165 e. The normalized spacial score (nSPS) is 29.5. The Morgan fingerprint density at radius 2 is 2.18 bits per heavy atom. The number of methoxy groups -OCH3 is 1. The minimum absolute atomic E-state index is 0.00588. The number of piperidine rings is 1. The lowest BCUT2D eigenvalue weighted by Gasteiger charge is -2.32. The van der Waals surface area contributed by atoms with Crippen LogP contribution in [0.2, 0.25) is 0 Å². The lowest BCUT2D eigenvalue weighted by molar-refractivity contribution is 0.101. The number of nitrogens with zero attached hydrogens (tertiary/aromatic N) is 1. The van der Waals surface area contributed by atoms with Crippen LogP contribution in [0.5, 0.6) is 11.5 Å². The van der Waals surface area contributed by atoms with E-state index in [1.807, 2.05) is 6.07 Å². The largest absolute Gasteiger partial charge is 0.493 e. The van der Waals surface area contributed by atoms with Gasteiger partial charge in [-0.1, -0.05) is 12.1 Å². The molecule has 0 saturated carbocycles. The van der Waals surface area contributed by atoms with Gasteiger partial charge in [-0.2, -0.15) is 0 Å². The number of benzene rings is 1. The van der Waals surface area contributed by atoms with Crippen molar-refractivity contribution in [1.29, 1.82) is 0 Å². The summed E-state index contributed by atoms with van der Waals surface area (Å²) in [6, 6.07) is 6.29. The van der Waals surface area contributed by atoms with Crippen LogP contribution in [-0.2, 0) is 5.54 Å². The summed E-state index contributed by atoms with van der Waals surface area (Å²) in [6.45, 7) is 5.48. The molecule has 0 amide bonds. The van der Waals surface area contributed by atoms with Crippen LogP contribution in [0.1, 0.15) is 38.2 Å². The van der Waals surface area contributed by atoms with E-state index in [4.69, 9.17) is 9.47 Å². The highest BCUT2D eigenvalue weighted by molar-refractivity contribution is 5.50. The highest BCUT2D eigenvalue weighted by atomic mass is 16.5. The van der Waals surface area contributed by atoms with Crippen molar-refractivity contribution in [3.63, 3.8) is 0 Å². The van der Waals surface area contributed by atoms with Crippen LogP contribution in [0.4, 0.5) is 0 Å². The van der Waals surface area contributed by atoms with Gasteiger partial charge < -0.3 is 19.7 Å². The summed E-state index contributed by atoms with van der Waals surface area (Å²) in [5.74, 6) is 1.78. The van der Waals surface area contributed by atoms with Crippen LogP contribution in [-0.4, -0.2) is 44.8 Å². The summed E-state index contributed by atoms with van der Waals surface area (Å²) in [5.41, 5.74) is 1.21. The highest BCUT2D eigenvalue weighted by Crippen LogP contribution is 2.41. The van der Waals surface area contributed by atoms with Gasteiger partial charge in [-0.15, -0.1) is 0 Å². The van der Waals surface area contributed by atoms with Crippen LogP contribution in [0, 0.1) is 0 Å². The number of hydrogen-bond acceptors (Lipinski definition) is 4. The van der Waals surface area contributed by atoms with Gasteiger partial charge in [-0.05, 0) is 58.8 Å². The predicted molar refractivity (Wildman–Crippen MR) is 88.7 cm³/mol. The first-order valence-electron chi connectivity index (χ1n) is 8.40. The van der Waals surface area contributed by atoms with Gasteiger partial charge in [0.15, 0.2) is 11.5 Å². The molecule has 0 aliphatic carbocycles. The van der Waals surface area contributed by atoms with Crippen molar-refractivity contribution in [2.75, 3.05) is 33.8 Å². The molecule has 2 heterocycles. The van der Waals surface area contributed by atoms with E-state index >= 15 is 0 Å². The molecule has 1 aromatic rings. The SMILES string of the molecule is COc1c(OC2CCCN(C)C2)cccc1C1(C)CCCN1. The molecule has 0 radical (unpaired) electrons. The lowest BCUT2D eigenvalue weighted by atomic mass is 9.89. The average molecular weight is 304 g/mol. The Labute approximate surface area is 133 Å². The van der Waals surface area contributed by atoms with Gasteiger partial charge in [-0.25, -0.2) is 0 Å². The molecule has 2 fully saturated rings. The van der Waals surface area contributed by atoms with Gasteiger partial charge in [0.2, 0.25) is 0 Å². The fourth-order valence-corrected chi connectivity index (χ4v) is 3.77. The summed E-state index contributed by atoms with van der Waals surface area (Å²) in [5, 5.41) is 3.62. The molecular weight excluding hydrogens is 276 g/mol. The molecule has 22 heavy (non-hydrogen) atoms. The Morgan fingerprint density at radius 3 is 2.86 bits per heavy atom. The molecule has 0 spiro atoms. The monoisotopic (exact) mass is 304 g/mol. The molecule has 1 N–H and O–H groups in total. The number of likely N-dealkylation sites (tertiary alicyclic amines) is 1. The predicted octanol–water partition coefficient (Wildman–Crippen LogP) is 2.77. The van der Waals surface area contributed by atoms with E-state index < -0.39 is 0 Å². The van der Waals surface area contributed by atoms with E-state index in [0.717, 1.165) is 37.4 Å². The highest BCUT2D eigenvalue weighted by Gasteiger charge is 2.34. The molecule has 2 aliphatic heterocycles. The zero-order valence-corrected chi connectivity index (χ0v) is 14.0. The lowest BCUT2D eigenvalue weighted by Crippen LogP contribution is -2.38. The molecule has 2 atom stereocenters. The van der Waals surface area contributed by atoms with Crippen LogP contribution in [0.3, 0.4) is 0 Å². The summed E-state index contributed by atoms with van der Waals surface area (Å²) in [7, 11) is 3.91. The molecular formula is C18H28N2O2. The third kappa shape index (κ3) is 3.08. The van der Waals surface area contributed by atoms with Crippen LogP contribution >= 0.6 is 0 Å². The van der Waals surface area contributed by atoms with Gasteiger partial charge in [-0.3, -0.25) is 0 Å². The van der Waals surface area contributed by atoms with Crippen molar-refractivity contribution in [2.24, 2.45) is 0 Å². The Balaban J connectivity index is 1.85. The van der Waals surface area contributed by atoms with Gasteiger partial charge in [0.05, 0.1) is 7.11 Å². The topological polar surface area (TPSA) is 33.7 Å². The van der Waals surface area contributed by atoms with Crippen molar-refractivity contribution in [1.82, 2.24) is 10.2 Å². The van der Waals surface area contributed by atoms with E-state index in [2.05, 4.69) is 36.3 Å². The van der Waals surface area contributed by atoms with E-state index in [1.54, 1.807) is 7.11 Å². The maximum absolute atomic E-state index is 6.30. The number of hydrogen-bond donors (Lipinski definition) is 1. The molecule has 2 unspecified atom stereocenters. The summed E-state index contributed by atoms with van der Waals surface area (Å²) < 4.78 is 12.0. The van der Waals surface area contributed by atoms with Crippen LogP contribution < -0.4 is 14.8 Å². The first-order valence-corrected chi connectivity index (χ1v) is 8.40. The molecule has 3 rings (SSSR count). The minimum atomic E-state index is -0.00588. The Bertz CT molecular complexity index is 512. The molecule has 0 aromatic heterocycles. The van der Waals surface area contributed by atoms with E-state index in [9.17, 15) is 0 Å². The number of ether oxygens (including phenoxy) is 2. The number of likely N-dealkylation sites (N-methyl/N-ethyl adjacent to an activating group) is 1. The first-order chi connectivity index (χ1) is 10.6. The first kappa shape index (κ1) is 15.6. The molecule has 4 heteroatoms. The zero-order valence-electron chi connectivity index (χ0n) is 14.0. The molecule has 4 nitrogen and oxygen atoms in total. The number of para-hydroxylation sites is 1. The molecule has 122 valence electrons. The second kappa shape index (κ2) is 6.47. The van der Waals surface area contributed by atoms with Crippen molar-refractivity contribution < 1.29 is 9.47 Å². The second-order valence-electron chi connectivity index (χ2n) is 6.84. The van der Waals surface area contributed by atoms with E-state index in [0.29, 0.717) is 0 Å². The Morgan fingerprint density at radius 1 is 1.32 bits per heavy atom. The molecule has 0 bridgehead atoms. The smallest absolute Gasteiger partial charge is 0.165 e. The van der Waals surface area contributed by atoms with Crippen LogP contribution in [0.15, 0.2) is 18.2 Å². The number of rotatable bonds is 4. The van der Waals surface area contributed by atoms with E-state index in [1.165, 1.54) is 24.9 Å². The quantitative estimate of drug-likeness (QED) is 0.927. The van der Waals surface area contributed by atoms with E-state index in [-0.39, 0.29) is 11.6 Å². The Kier molecular flexibility index (Phi) is 4.59. The molecule has 2 aliphatic rings. The number of nitrogens with one attached hydrogen (secondary N) is 1. The van der Waals surface area contributed by atoms with Crippen LogP contribution in [0.25, 0.3) is 0 Å². The summed E-state index contributed by atoms with van der Waals surface area (Å²) >= 11 is 0. The maximum atomic E-state index is 6.30. The van der Waals surface area contributed by atoms with Gasteiger partial charge in [0, 0.05) is 17.6 Å². The summed E-state index contributed by atoms with van der Waals surface area (Å²) in [4.78, 5) is 2.34. The molecule has 2 saturated heterocycles. The Hall–Kier alpha value is -1.26. The van der Waals surface area contributed by atoms with Crippen molar-refractivity contribution in [3.05, 3.63) is 23.8 Å². The van der Waals surface area contributed by atoms with Gasteiger partial charge >= 0.3 is 0 Å². The van der Waals surface area contributed by atoms with Gasteiger partial charge in [0.1, 0.15) is 6.10 Å². The fourth-order valence-electron chi connectivity index (χ4n) is 3.77. The van der Waals surface area contributed by atoms with Crippen molar-refractivity contribution in [3.8, 4) is 11.5 Å². The van der Waals surface area contributed by atoms with Crippen molar-refractivity contribution in [2.45, 2.75) is 44.2 Å². The fraction of sp³-hybridized carbons (Fsp3) is 0.667. The average Bonchev–Trinajstić information content (AvgIpc) is 2.95. The third-order valence-corrected chi connectivity index (χ3v) is 5.02.